The van der Waals surface area contributed by atoms with Crippen LogP contribution < -0.4 is 5.73 Å². The number of carbonyl (C=O) groups excluding carboxylic acids is 1. The highest BCUT2D eigenvalue weighted by molar-refractivity contribution is 7.17. The number of likely N-dealkylation sites (tertiary alicyclic amines) is 1. The van der Waals surface area contributed by atoms with Crippen LogP contribution in [-0.4, -0.2) is 42.6 Å². The number of rotatable bonds is 3. The number of nitrogens with two attached hydrogens (primary N) is 1. The lowest BCUT2D eigenvalue weighted by atomic mass is 9.86. The van der Waals surface area contributed by atoms with Gasteiger partial charge in [0.1, 0.15) is 0 Å². The number of carbonyl (C=O) groups is 1. The first-order chi connectivity index (χ1) is 12.2. The van der Waals surface area contributed by atoms with Gasteiger partial charge in [-0.05, 0) is 54.0 Å². The summed E-state index contributed by atoms with van der Waals surface area (Å²) in [4.78, 5) is 14.8. The molecule has 2 aromatic rings. The van der Waals surface area contributed by atoms with Crippen molar-refractivity contribution >= 4 is 27.3 Å². The lowest BCUT2D eigenvalue weighted by molar-refractivity contribution is -0.133. The molecule has 4 nitrogen and oxygen atoms in total. The van der Waals surface area contributed by atoms with E-state index in [-0.39, 0.29) is 11.9 Å². The molecule has 134 valence electrons. The van der Waals surface area contributed by atoms with Gasteiger partial charge in [0.05, 0.1) is 12.5 Å². The fraction of sp³-hybridized carbons (Fsp3) is 0.550. The Kier molecular flexibility index (Phi) is 5.06. The second kappa shape index (κ2) is 7.44. The smallest absolute Gasteiger partial charge is 0.227 e. The van der Waals surface area contributed by atoms with Gasteiger partial charge in [-0.1, -0.05) is 18.2 Å². The maximum Gasteiger partial charge on any atom is 0.227 e. The van der Waals surface area contributed by atoms with Crippen molar-refractivity contribution in [2.75, 3.05) is 19.7 Å². The lowest BCUT2D eigenvalue weighted by Crippen LogP contribution is -2.45. The van der Waals surface area contributed by atoms with Gasteiger partial charge in [-0.3, -0.25) is 4.79 Å². The van der Waals surface area contributed by atoms with Crippen LogP contribution in [-0.2, 0) is 16.0 Å². The maximum absolute atomic E-state index is 12.7. The van der Waals surface area contributed by atoms with E-state index < -0.39 is 0 Å². The molecule has 25 heavy (non-hydrogen) atoms. The number of amides is 1. The highest BCUT2D eigenvalue weighted by Crippen LogP contribution is 2.30. The zero-order valence-electron chi connectivity index (χ0n) is 14.5. The maximum atomic E-state index is 12.7. The SMILES string of the molecule is N[C@H]1CCO[C@@H](C2CCN(C(=O)Cc3csc4ccccc34)CC2)C1. The molecule has 0 bridgehead atoms. The van der Waals surface area contributed by atoms with Crippen molar-refractivity contribution in [1.29, 1.82) is 0 Å². The summed E-state index contributed by atoms with van der Waals surface area (Å²) >= 11 is 1.72. The predicted octanol–water partition coefficient (Wildman–Crippen LogP) is 3.19. The molecule has 2 saturated heterocycles. The highest BCUT2D eigenvalue weighted by atomic mass is 32.1. The Morgan fingerprint density at radius 3 is 2.84 bits per heavy atom. The van der Waals surface area contributed by atoms with Gasteiger partial charge >= 0.3 is 0 Å². The van der Waals surface area contributed by atoms with E-state index in [9.17, 15) is 4.79 Å². The van der Waals surface area contributed by atoms with Crippen molar-refractivity contribution in [3.05, 3.63) is 35.2 Å². The van der Waals surface area contributed by atoms with Crippen LogP contribution in [0.3, 0.4) is 0 Å². The lowest BCUT2D eigenvalue weighted by Gasteiger charge is -2.38. The highest BCUT2D eigenvalue weighted by Gasteiger charge is 2.32. The number of piperidine rings is 1. The number of hydrogen-bond donors (Lipinski definition) is 1. The quantitative estimate of drug-likeness (QED) is 0.917. The molecule has 3 heterocycles. The van der Waals surface area contributed by atoms with Crippen molar-refractivity contribution in [3.8, 4) is 0 Å². The fourth-order valence-electron chi connectivity index (χ4n) is 4.15. The fourth-order valence-corrected chi connectivity index (χ4v) is 5.11. The first-order valence-electron chi connectivity index (χ1n) is 9.31. The van der Waals surface area contributed by atoms with Crippen molar-refractivity contribution in [2.45, 2.75) is 44.2 Å². The van der Waals surface area contributed by atoms with Crippen LogP contribution in [0.1, 0.15) is 31.2 Å². The summed E-state index contributed by atoms with van der Waals surface area (Å²) in [6.07, 6.45) is 4.82. The largest absolute Gasteiger partial charge is 0.378 e. The summed E-state index contributed by atoms with van der Waals surface area (Å²) in [5, 5.41) is 3.35. The third-order valence-electron chi connectivity index (χ3n) is 5.68. The Hall–Kier alpha value is -1.43. The molecule has 1 aromatic heterocycles. The molecule has 2 aliphatic rings. The third-order valence-corrected chi connectivity index (χ3v) is 6.69. The van der Waals surface area contributed by atoms with Gasteiger partial charge in [0.25, 0.3) is 0 Å². The van der Waals surface area contributed by atoms with Crippen LogP contribution in [0.2, 0.25) is 0 Å². The molecule has 2 N–H and O–H groups in total. The van der Waals surface area contributed by atoms with Gasteiger partial charge in [0.15, 0.2) is 0 Å². The number of benzene rings is 1. The molecule has 0 unspecified atom stereocenters. The molecular formula is C20H26N2O2S. The van der Waals surface area contributed by atoms with Crippen LogP contribution in [0, 0.1) is 5.92 Å². The summed E-state index contributed by atoms with van der Waals surface area (Å²) in [6, 6.07) is 8.61. The van der Waals surface area contributed by atoms with E-state index in [0.29, 0.717) is 18.4 Å². The Morgan fingerprint density at radius 1 is 1.24 bits per heavy atom. The summed E-state index contributed by atoms with van der Waals surface area (Å²) in [6.45, 7) is 2.48. The Morgan fingerprint density at radius 2 is 2.04 bits per heavy atom. The van der Waals surface area contributed by atoms with Gasteiger partial charge < -0.3 is 15.4 Å². The molecular weight excluding hydrogens is 332 g/mol. The topological polar surface area (TPSA) is 55.6 Å². The molecule has 1 amide bonds. The second-order valence-corrected chi connectivity index (χ2v) is 8.26. The molecule has 2 aliphatic heterocycles. The van der Waals surface area contributed by atoms with Crippen LogP contribution in [0.15, 0.2) is 29.6 Å². The van der Waals surface area contributed by atoms with E-state index in [1.165, 1.54) is 10.1 Å². The average molecular weight is 359 g/mol. The minimum absolute atomic E-state index is 0.253. The van der Waals surface area contributed by atoms with E-state index in [1.54, 1.807) is 11.3 Å². The molecule has 2 atom stereocenters. The number of thiophene rings is 1. The Balaban J connectivity index is 1.33. The Labute approximate surface area is 152 Å². The summed E-state index contributed by atoms with van der Waals surface area (Å²) < 4.78 is 7.19. The summed E-state index contributed by atoms with van der Waals surface area (Å²) in [5.74, 6) is 0.806. The van der Waals surface area contributed by atoms with Gasteiger partial charge in [-0.15, -0.1) is 11.3 Å². The average Bonchev–Trinajstić information content (AvgIpc) is 3.05. The van der Waals surface area contributed by atoms with Crippen molar-refractivity contribution < 1.29 is 9.53 Å². The van der Waals surface area contributed by atoms with Crippen molar-refractivity contribution in [3.63, 3.8) is 0 Å². The van der Waals surface area contributed by atoms with Gasteiger partial charge in [-0.25, -0.2) is 0 Å². The predicted molar refractivity (Wildman–Crippen MR) is 102 cm³/mol. The second-order valence-electron chi connectivity index (χ2n) is 7.35. The minimum Gasteiger partial charge on any atom is -0.378 e. The van der Waals surface area contributed by atoms with Crippen LogP contribution >= 0.6 is 11.3 Å². The van der Waals surface area contributed by atoms with Crippen LogP contribution in [0.25, 0.3) is 10.1 Å². The molecule has 2 fully saturated rings. The molecule has 1 aromatic carbocycles. The van der Waals surface area contributed by atoms with Gasteiger partial charge in [0.2, 0.25) is 5.91 Å². The first-order valence-corrected chi connectivity index (χ1v) is 10.2. The third kappa shape index (κ3) is 3.73. The Bertz CT molecular complexity index is 736. The monoisotopic (exact) mass is 358 g/mol. The van der Waals surface area contributed by atoms with E-state index in [0.717, 1.165) is 50.9 Å². The van der Waals surface area contributed by atoms with Crippen molar-refractivity contribution in [1.82, 2.24) is 4.90 Å². The van der Waals surface area contributed by atoms with E-state index in [1.807, 2.05) is 11.0 Å². The van der Waals surface area contributed by atoms with E-state index >= 15 is 0 Å². The molecule has 0 radical (unpaired) electrons. The zero-order valence-corrected chi connectivity index (χ0v) is 15.3. The van der Waals surface area contributed by atoms with Gasteiger partial charge in [-0.2, -0.15) is 0 Å². The molecule has 4 rings (SSSR count). The van der Waals surface area contributed by atoms with Crippen molar-refractivity contribution in [2.24, 2.45) is 11.7 Å². The molecule has 0 saturated carbocycles. The number of hydrogen-bond acceptors (Lipinski definition) is 4. The standard InChI is InChI=1S/C20H26N2O2S/c21-16-7-10-24-18(12-16)14-5-8-22(9-6-14)20(23)11-15-13-25-19-4-2-1-3-17(15)19/h1-4,13-14,16,18H,5-12,21H2/t16-,18+/m0/s1. The minimum atomic E-state index is 0.253. The van der Waals surface area contributed by atoms with Crippen LogP contribution in [0.5, 0.6) is 0 Å². The molecule has 0 spiro atoms. The van der Waals surface area contributed by atoms with Gasteiger partial charge in [0, 0.05) is 30.4 Å². The van der Waals surface area contributed by atoms with E-state index in [2.05, 4.69) is 23.6 Å². The van der Waals surface area contributed by atoms with E-state index in [4.69, 9.17) is 10.5 Å². The molecule has 5 heteroatoms. The van der Waals surface area contributed by atoms with Crippen LogP contribution in [0.4, 0.5) is 0 Å². The number of ether oxygens (including phenoxy) is 1. The molecule has 0 aliphatic carbocycles. The zero-order chi connectivity index (χ0) is 17.2. The summed E-state index contributed by atoms with van der Waals surface area (Å²) in [7, 11) is 0. The summed E-state index contributed by atoms with van der Waals surface area (Å²) in [5.41, 5.74) is 7.25. The first kappa shape index (κ1) is 17.0. The number of fused-ring (bicyclic) bond motifs is 1. The number of nitrogens with zero attached hydrogens (tertiary/aromatic N) is 1. The normalized spacial score (nSPS) is 25.4.